The van der Waals surface area contributed by atoms with Crippen molar-refractivity contribution >= 4 is 23.8 Å². The maximum atomic E-state index is 12.2. The van der Waals surface area contributed by atoms with Crippen molar-refractivity contribution in [1.29, 1.82) is 5.41 Å². The number of carbonyl (C=O) groups is 2. The van der Waals surface area contributed by atoms with Gasteiger partial charge in [0.1, 0.15) is 5.84 Å². The summed E-state index contributed by atoms with van der Waals surface area (Å²) in [6, 6.07) is 4.72. The highest BCUT2D eigenvalue weighted by Crippen LogP contribution is 2.35. The molecule has 34 heavy (non-hydrogen) atoms. The number of piperidine rings is 1. The molecule has 5 rings (SSSR count). The van der Waals surface area contributed by atoms with E-state index in [1.165, 1.54) is 22.4 Å². The molecule has 0 aromatic heterocycles. The lowest BCUT2D eigenvalue weighted by molar-refractivity contribution is -0.128. The van der Waals surface area contributed by atoms with Crippen LogP contribution in [0.25, 0.3) is 0 Å². The number of hydrogen-bond donors (Lipinski definition) is 3. The summed E-state index contributed by atoms with van der Waals surface area (Å²) in [4.78, 5) is 29.2. The standard InChI is InChI=1S/C26H36N6O2/c1-18(34)31-14-9-24(29-20-7-12-30(17-33)13-8-20)23(16-31)26(27)32-11-2-3-22-21-6-10-28-15-19(21)4-5-25(22)32/h4-5,17,20,27-29H,2-3,6-16H2,1H3. The zero-order valence-corrected chi connectivity index (χ0v) is 20.2. The molecule has 1 aromatic rings. The van der Waals surface area contributed by atoms with Gasteiger partial charge in [-0.05, 0) is 61.4 Å². The number of amidine groups is 1. The second kappa shape index (κ2) is 9.78. The minimum absolute atomic E-state index is 0.0595. The monoisotopic (exact) mass is 464 g/mol. The fourth-order valence-corrected chi connectivity index (χ4v) is 5.91. The van der Waals surface area contributed by atoms with E-state index < -0.39 is 0 Å². The molecule has 2 amide bonds. The quantitative estimate of drug-likeness (QED) is 0.359. The Morgan fingerprint density at radius 1 is 1.12 bits per heavy atom. The molecular formula is C26H36N6O2. The molecule has 1 saturated heterocycles. The zero-order chi connectivity index (χ0) is 23.7. The summed E-state index contributed by atoms with van der Waals surface area (Å²) in [5, 5.41) is 16.5. The van der Waals surface area contributed by atoms with Crippen LogP contribution in [0, 0.1) is 5.41 Å². The van der Waals surface area contributed by atoms with Crippen molar-refractivity contribution < 1.29 is 9.59 Å². The highest BCUT2D eigenvalue weighted by atomic mass is 16.2. The Balaban J connectivity index is 1.43. The van der Waals surface area contributed by atoms with Gasteiger partial charge < -0.3 is 25.3 Å². The van der Waals surface area contributed by atoms with Crippen molar-refractivity contribution in [3.8, 4) is 0 Å². The lowest BCUT2D eigenvalue weighted by Gasteiger charge is -2.39. The van der Waals surface area contributed by atoms with Gasteiger partial charge in [0, 0.05) is 69.1 Å². The smallest absolute Gasteiger partial charge is 0.219 e. The Morgan fingerprint density at radius 2 is 1.94 bits per heavy atom. The van der Waals surface area contributed by atoms with Crippen LogP contribution in [0.4, 0.5) is 5.69 Å². The minimum Gasteiger partial charge on any atom is -0.385 e. The van der Waals surface area contributed by atoms with E-state index in [4.69, 9.17) is 0 Å². The van der Waals surface area contributed by atoms with Crippen molar-refractivity contribution in [2.75, 3.05) is 44.2 Å². The SMILES string of the molecule is CC(=O)N1CCC(NC2CCN(C=O)CC2)=C(C(=N)N2CCCc3c2ccc2c3CCNC2)C1. The van der Waals surface area contributed by atoms with E-state index in [0.29, 0.717) is 25.0 Å². The van der Waals surface area contributed by atoms with Gasteiger partial charge in [0.2, 0.25) is 12.3 Å². The van der Waals surface area contributed by atoms with Gasteiger partial charge in [-0.1, -0.05) is 6.07 Å². The van der Waals surface area contributed by atoms with Crippen LogP contribution in [-0.2, 0) is 29.0 Å². The van der Waals surface area contributed by atoms with Crippen molar-refractivity contribution in [3.63, 3.8) is 0 Å². The molecule has 0 saturated carbocycles. The van der Waals surface area contributed by atoms with Gasteiger partial charge in [-0.2, -0.15) is 0 Å². The van der Waals surface area contributed by atoms with Crippen LogP contribution in [-0.4, -0.2) is 73.3 Å². The van der Waals surface area contributed by atoms with Crippen LogP contribution in [0.1, 0.15) is 49.3 Å². The molecule has 0 bridgehead atoms. The molecule has 3 N–H and O–H groups in total. The summed E-state index contributed by atoms with van der Waals surface area (Å²) in [7, 11) is 0. The number of amides is 2. The summed E-state index contributed by atoms with van der Waals surface area (Å²) in [6.45, 7) is 7.07. The van der Waals surface area contributed by atoms with Crippen LogP contribution in [0.5, 0.6) is 0 Å². The van der Waals surface area contributed by atoms with Gasteiger partial charge in [0.25, 0.3) is 0 Å². The van der Waals surface area contributed by atoms with Crippen LogP contribution < -0.4 is 15.5 Å². The molecule has 8 heteroatoms. The van der Waals surface area contributed by atoms with Crippen LogP contribution in [0.15, 0.2) is 23.4 Å². The van der Waals surface area contributed by atoms with Gasteiger partial charge in [-0.25, -0.2) is 0 Å². The molecular weight excluding hydrogens is 428 g/mol. The number of nitrogens with one attached hydrogen (secondary N) is 3. The molecule has 4 aliphatic rings. The Kier molecular flexibility index (Phi) is 6.59. The van der Waals surface area contributed by atoms with E-state index in [9.17, 15) is 15.0 Å². The van der Waals surface area contributed by atoms with Gasteiger partial charge in [-0.3, -0.25) is 15.0 Å². The number of hydrogen-bond acceptors (Lipinski definition) is 5. The summed E-state index contributed by atoms with van der Waals surface area (Å²) in [5.41, 5.74) is 7.47. The van der Waals surface area contributed by atoms with Gasteiger partial charge >= 0.3 is 0 Å². The maximum Gasteiger partial charge on any atom is 0.219 e. The number of nitrogens with zero attached hydrogens (tertiary/aromatic N) is 3. The predicted molar refractivity (Wildman–Crippen MR) is 133 cm³/mol. The molecule has 4 heterocycles. The third kappa shape index (κ3) is 4.43. The van der Waals surface area contributed by atoms with E-state index in [1.807, 2.05) is 9.80 Å². The number of benzene rings is 1. The maximum absolute atomic E-state index is 12.2. The molecule has 4 aliphatic heterocycles. The van der Waals surface area contributed by atoms with Crippen molar-refractivity contribution in [2.24, 2.45) is 0 Å². The zero-order valence-electron chi connectivity index (χ0n) is 20.2. The van der Waals surface area contributed by atoms with E-state index in [2.05, 4.69) is 27.7 Å². The number of likely N-dealkylation sites (tertiary alicyclic amines) is 1. The highest BCUT2D eigenvalue weighted by Gasteiger charge is 2.31. The summed E-state index contributed by atoms with van der Waals surface area (Å²) >= 11 is 0. The van der Waals surface area contributed by atoms with Gasteiger partial charge in [0.15, 0.2) is 0 Å². The van der Waals surface area contributed by atoms with Crippen LogP contribution >= 0.6 is 0 Å². The second-order valence-corrected chi connectivity index (χ2v) is 9.94. The first-order valence-electron chi connectivity index (χ1n) is 12.7. The molecule has 0 aliphatic carbocycles. The summed E-state index contributed by atoms with van der Waals surface area (Å²) in [6.07, 6.45) is 6.65. The van der Waals surface area contributed by atoms with E-state index in [1.54, 1.807) is 6.92 Å². The van der Waals surface area contributed by atoms with Crippen molar-refractivity contribution in [2.45, 2.75) is 58.0 Å². The molecule has 0 radical (unpaired) electrons. The lowest BCUT2D eigenvalue weighted by Crippen LogP contribution is -2.47. The Bertz CT molecular complexity index is 1010. The van der Waals surface area contributed by atoms with Crippen LogP contribution in [0.3, 0.4) is 0 Å². The molecule has 1 fully saturated rings. The van der Waals surface area contributed by atoms with E-state index in [-0.39, 0.29) is 5.91 Å². The first-order chi connectivity index (χ1) is 16.5. The lowest BCUT2D eigenvalue weighted by atomic mass is 9.88. The highest BCUT2D eigenvalue weighted by molar-refractivity contribution is 6.09. The first-order valence-corrected chi connectivity index (χ1v) is 12.7. The molecule has 0 atom stereocenters. The first kappa shape index (κ1) is 22.9. The largest absolute Gasteiger partial charge is 0.385 e. The summed E-state index contributed by atoms with van der Waals surface area (Å²) in [5.74, 6) is 0.581. The molecule has 1 aromatic carbocycles. The predicted octanol–water partition coefficient (Wildman–Crippen LogP) is 1.78. The van der Waals surface area contributed by atoms with Gasteiger partial charge in [0.05, 0.1) is 6.54 Å². The minimum atomic E-state index is 0.0595. The molecule has 0 unspecified atom stereocenters. The molecule has 182 valence electrons. The molecule has 8 nitrogen and oxygen atoms in total. The number of carbonyl (C=O) groups excluding carboxylic acids is 2. The fourth-order valence-electron chi connectivity index (χ4n) is 5.91. The topological polar surface area (TPSA) is 91.8 Å². The third-order valence-corrected chi connectivity index (χ3v) is 7.87. The average Bonchev–Trinajstić information content (AvgIpc) is 2.88. The van der Waals surface area contributed by atoms with Crippen molar-refractivity contribution in [3.05, 3.63) is 40.1 Å². The van der Waals surface area contributed by atoms with Crippen LogP contribution in [0.2, 0.25) is 0 Å². The van der Waals surface area contributed by atoms with Crippen molar-refractivity contribution in [1.82, 2.24) is 20.4 Å². The normalized spacial score (nSPS) is 21.1. The Morgan fingerprint density at radius 3 is 2.71 bits per heavy atom. The Hall–Kier alpha value is -2.87. The number of rotatable bonds is 4. The molecule has 0 spiro atoms. The fraction of sp³-hybridized carbons (Fsp3) is 0.577. The Labute approximate surface area is 201 Å². The third-order valence-electron chi connectivity index (χ3n) is 7.87. The van der Waals surface area contributed by atoms with E-state index in [0.717, 1.165) is 88.9 Å². The number of fused-ring (bicyclic) bond motifs is 3. The summed E-state index contributed by atoms with van der Waals surface area (Å²) < 4.78 is 0. The second-order valence-electron chi connectivity index (χ2n) is 9.94. The van der Waals surface area contributed by atoms with E-state index >= 15 is 0 Å². The number of anilines is 1. The van der Waals surface area contributed by atoms with Gasteiger partial charge in [-0.15, -0.1) is 0 Å². The average molecular weight is 465 g/mol.